The number of carbonyl (C=O) groups is 1. The first-order valence-corrected chi connectivity index (χ1v) is 12.3. The Labute approximate surface area is 184 Å². The van der Waals surface area contributed by atoms with Gasteiger partial charge in [-0.25, -0.2) is 4.79 Å². The van der Waals surface area contributed by atoms with Crippen LogP contribution in [0.5, 0.6) is 0 Å². The second-order valence-electron chi connectivity index (χ2n) is 9.05. The summed E-state index contributed by atoms with van der Waals surface area (Å²) in [5.41, 5.74) is 0.137. The van der Waals surface area contributed by atoms with Crippen molar-refractivity contribution in [3.63, 3.8) is 0 Å². The van der Waals surface area contributed by atoms with Gasteiger partial charge in [0.15, 0.2) is 0 Å². The molecule has 3 rings (SSSR count). The molecule has 2 fully saturated rings. The zero-order chi connectivity index (χ0) is 21.6. The third-order valence-electron chi connectivity index (χ3n) is 7.55. The Kier molecular flexibility index (Phi) is 8.13. The standard InChI is InChI=1S/C25H35NO3S/c1-3-25(15-6-16-25)23(27)10-5-9-21-18(11-12-19(21)17-26)7-4-8-20-13-14-22(30-20)24(28)29-2/h5,9,13-14,18-19,21,23,27H,3-4,6-8,10-12,15-16H2,1-2H3/b9-5+/t18?,19-,21-,23?/m1/s1. The Morgan fingerprint density at radius 1 is 1.43 bits per heavy atom. The molecular weight excluding hydrogens is 394 g/mol. The summed E-state index contributed by atoms with van der Waals surface area (Å²) in [4.78, 5) is 13.5. The van der Waals surface area contributed by atoms with Crippen molar-refractivity contribution >= 4 is 17.3 Å². The van der Waals surface area contributed by atoms with E-state index < -0.39 is 0 Å². The van der Waals surface area contributed by atoms with E-state index in [-0.39, 0.29) is 23.4 Å². The van der Waals surface area contributed by atoms with Gasteiger partial charge in [-0.2, -0.15) is 5.26 Å². The lowest BCUT2D eigenvalue weighted by atomic mass is 9.63. The molecule has 1 aromatic rings. The van der Waals surface area contributed by atoms with E-state index in [4.69, 9.17) is 4.74 Å². The molecule has 1 N–H and O–H groups in total. The second kappa shape index (κ2) is 10.6. The largest absolute Gasteiger partial charge is 0.465 e. The first-order valence-electron chi connectivity index (χ1n) is 11.4. The molecule has 2 aliphatic rings. The van der Waals surface area contributed by atoms with Crippen molar-refractivity contribution in [2.75, 3.05) is 7.11 Å². The molecule has 0 saturated heterocycles. The molecule has 2 unspecified atom stereocenters. The van der Waals surface area contributed by atoms with Crippen LogP contribution in [0.2, 0.25) is 0 Å². The molecule has 4 atom stereocenters. The van der Waals surface area contributed by atoms with Crippen LogP contribution < -0.4 is 0 Å². The van der Waals surface area contributed by atoms with E-state index in [2.05, 4.69) is 25.1 Å². The minimum Gasteiger partial charge on any atom is -0.465 e. The van der Waals surface area contributed by atoms with E-state index in [1.54, 1.807) is 0 Å². The molecule has 2 saturated carbocycles. The zero-order valence-electron chi connectivity index (χ0n) is 18.3. The third-order valence-corrected chi connectivity index (χ3v) is 8.67. The van der Waals surface area contributed by atoms with Crippen LogP contribution in [-0.2, 0) is 11.2 Å². The fourth-order valence-electron chi connectivity index (χ4n) is 5.31. The maximum absolute atomic E-state index is 11.6. The van der Waals surface area contributed by atoms with Gasteiger partial charge in [0.1, 0.15) is 4.88 Å². The molecule has 5 heteroatoms. The number of nitriles is 1. The van der Waals surface area contributed by atoms with Gasteiger partial charge in [-0.05, 0) is 87.2 Å². The number of aryl methyl sites for hydroxylation is 1. The van der Waals surface area contributed by atoms with Crippen LogP contribution in [0.4, 0.5) is 0 Å². The predicted octanol–water partition coefficient (Wildman–Crippen LogP) is 5.91. The number of rotatable bonds is 10. The van der Waals surface area contributed by atoms with E-state index in [1.807, 2.05) is 12.1 Å². The SMILES string of the molecule is CCC1(C(O)C/C=C/[C@@H]2C(CCCc3ccc(C(=O)OC)s3)CC[C@@H]2C#N)CCC1. The minimum atomic E-state index is -0.266. The predicted molar refractivity (Wildman–Crippen MR) is 120 cm³/mol. The van der Waals surface area contributed by atoms with E-state index in [9.17, 15) is 15.2 Å². The Balaban J connectivity index is 1.50. The summed E-state index contributed by atoms with van der Waals surface area (Å²) >= 11 is 1.51. The van der Waals surface area contributed by atoms with Crippen LogP contribution in [0.15, 0.2) is 24.3 Å². The number of hydrogen-bond donors (Lipinski definition) is 1. The highest BCUT2D eigenvalue weighted by molar-refractivity contribution is 7.13. The van der Waals surface area contributed by atoms with Gasteiger partial charge >= 0.3 is 5.97 Å². The van der Waals surface area contributed by atoms with Crippen LogP contribution in [0, 0.1) is 34.5 Å². The lowest BCUT2D eigenvalue weighted by Gasteiger charge is -2.45. The van der Waals surface area contributed by atoms with Crippen LogP contribution in [0.3, 0.4) is 0 Å². The van der Waals surface area contributed by atoms with Gasteiger partial charge in [0.25, 0.3) is 0 Å². The molecule has 0 spiro atoms. The molecule has 1 heterocycles. The number of carbonyl (C=O) groups excluding carboxylic acids is 1. The van der Waals surface area contributed by atoms with Gasteiger partial charge < -0.3 is 9.84 Å². The van der Waals surface area contributed by atoms with Crippen LogP contribution >= 0.6 is 11.3 Å². The quantitative estimate of drug-likeness (QED) is 0.371. The highest BCUT2D eigenvalue weighted by atomic mass is 32.1. The summed E-state index contributed by atoms with van der Waals surface area (Å²) in [7, 11) is 1.41. The van der Waals surface area contributed by atoms with Crippen molar-refractivity contribution in [3.8, 4) is 6.07 Å². The Bertz CT molecular complexity index is 768. The Hall–Kier alpha value is -1.64. The number of thiophene rings is 1. The lowest BCUT2D eigenvalue weighted by Crippen LogP contribution is -2.40. The molecule has 0 aromatic carbocycles. The third kappa shape index (κ3) is 5.15. The number of methoxy groups -OCH3 is 1. The van der Waals surface area contributed by atoms with Crippen molar-refractivity contribution in [2.24, 2.45) is 23.2 Å². The summed E-state index contributed by atoms with van der Waals surface area (Å²) in [6.07, 6.45) is 14.6. The van der Waals surface area contributed by atoms with Crippen LogP contribution in [0.25, 0.3) is 0 Å². The van der Waals surface area contributed by atoms with Crippen molar-refractivity contribution in [1.29, 1.82) is 5.26 Å². The number of aliphatic hydroxyl groups excluding tert-OH is 1. The molecule has 0 radical (unpaired) electrons. The molecule has 0 amide bonds. The fraction of sp³-hybridized carbons (Fsp3) is 0.680. The van der Waals surface area contributed by atoms with Crippen molar-refractivity contribution in [3.05, 3.63) is 34.0 Å². The van der Waals surface area contributed by atoms with E-state index in [1.165, 1.54) is 29.7 Å². The topological polar surface area (TPSA) is 70.3 Å². The maximum Gasteiger partial charge on any atom is 0.348 e. The normalized spacial score (nSPS) is 26.3. The fourth-order valence-corrected chi connectivity index (χ4v) is 6.28. The van der Waals surface area contributed by atoms with Gasteiger partial charge in [0.2, 0.25) is 0 Å². The first-order chi connectivity index (χ1) is 14.5. The molecule has 0 aliphatic heterocycles. The van der Waals surface area contributed by atoms with Crippen molar-refractivity contribution in [2.45, 2.75) is 77.2 Å². The van der Waals surface area contributed by atoms with E-state index in [0.29, 0.717) is 23.1 Å². The Morgan fingerprint density at radius 3 is 2.87 bits per heavy atom. The molecule has 0 bridgehead atoms. The Morgan fingerprint density at radius 2 is 2.23 bits per heavy atom. The molecule has 164 valence electrons. The zero-order valence-corrected chi connectivity index (χ0v) is 19.1. The minimum absolute atomic E-state index is 0.0971. The monoisotopic (exact) mass is 429 g/mol. The number of nitrogens with zero attached hydrogens (tertiary/aromatic N) is 1. The average Bonchev–Trinajstić information content (AvgIpc) is 3.34. The number of allylic oxidation sites excluding steroid dienone is 1. The van der Waals surface area contributed by atoms with E-state index in [0.717, 1.165) is 51.4 Å². The highest BCUT2D eigenvalue weighted by Gasteiger charge is 2.41. The lowest BCUT2D eigenvalue weighted by molar-refractivity contribution is -0.0355. The number of hydrogen-bond acceptors (Lipinski definition) is 5. The van der Waals surface area contributed by atoms with Gasteiger partial charge in [0, 0.05) is 4.88 Å². The van der Waals surface area contributed by atoms with Gasteiger partial charge in [-0.15, -0.1) is 11.3 Å². The van der Waals surface area contributed by atoms with Crippen LogP contribution in [0.1, 0.15) is 79.3 Å². The average molecular weight is 430 g/mol. The highest BCUT2D eigenvalue weighted by Crippen LogP contribution is 2.48. The van der Waals surface area contributed by atoms with Gasteiger partial charge in [0.05, 0.1) is 25.2 Å². The summed E-state index contributed by atoms with van der Waals surface area (Å²) in [6.45, 7) is 2.19. The summed E-state index contributed by atoms with van der Waals surface area (Å²) in [5.74, 6) is 0.667. The van der Waals surface area contributed by atoms with Crippen molar-refractivity contribution < 1.29 is 14.6 Å². The molecule has 2 aliphatic carbocycles. The molecule has 30 heavy (non-hydrogen) atoms. The molecule has 1 aromatic heterocycles. The second-order valence-corrected chi connectivity index (χ2v) is 10.2. The van der Waals surface area contributed by atoms with Gasteiger partial charge in [-0.3, -0.25) is 0 Å². The smallest absolute Gasteiger partial charge is 0.348 e. The summed E-state index contributed by atoms with van der Waals surface area (Å²) in [6, 6.07) is 6.38. The van der Waals surface area contributed by atoms with Crippen LogP contribution in [-0.4, -0.2) is 24.3 Å². The number of aliphatic hydroxyl groups is 1. The summed E-state index contributed by atoms with van der Waals surface area (Å²) in [5, 5.41) is 20.2. The van der Waals surface area contributed by atoms with Crippen molar-refractivity contribution in [1.82, 2.24) is 0 Å². The number of esters is 1. The first kappa shape index (κ1) is 23.0. The van der Waals surface area contributed by atoms with Gasteiger partial charge in [-0.1, -0.05) is 25.5 Å². The van der Waals surface area contributed by atoms with E-state index >= 15 is 0 Å². The molecule has 4 nitrogen and oxygen atoms in total. The maximum atomic E-state index is 11.6. The number of ether oxygens (including phenoxy) is 1. The molecular formula is C25H35NO3S. The summed E-state index contributed by atoms with van der Waals surface area (Å²) < 4.78 is 4.78.